The molecule has 2 N–H and O–H groups in total. The summed E-state index contributed by atoms with van der Waals surface area (Å²) in [5, 5.41) is 10.6. The number of alkyl halides is 3. The molecule has 3 aromatic heterocycles. The average molecular weight is 573 g/mol. The number of fused-ring (bicyclic) bond motifs is 2. The highest BCUT2D eigenvalue weighted by Crippen LogP contribution is 2.33. The highest BCUT2D eigenvalue weighted by atomic mass is 32.2. The fourth-order valence-corrected chi connectivity index (χ4v) is 5.39. The minimum atomic E-state index is -4.47. The number of sulfone groups is 1. The lowest BCUT2D eigenvalue weighted by Crippen LogP contribution is -2.26. The van der Waals surface area contributed by atoms with Crippen molar-refractivity contribution >= 4 is 21.2 Å². The summed E-state index contributed by atoms with van der Waals surface area (Å²) < 4.78 is 71.1. The molecule has 9 nitrogen and oxygen atoms in total. The van der Waals surface area contributed by atoms with E-state index in [9.17, 15) is 21.6 Å². The summed E-state index contributed by atoms with van der Waals surface area (Å²) in [5.74, 6) is 5.93. The minimum Gasteiger partial charge on any atom is -0.495 e. The van der Waals surface area contributed by atoms with Crippen molar-refractivity contribution in [3.63, 3.8) is 0 Å². The van der Waals surface area contributed by atoms with E-state index >= 15 is 0 Å². The normalized spacial score (nSPS) is 14.1. The number of H-pyrrole nitrogens is 1. The lowest BCUT2D eigenvalue weighted by Gasteiger charge is -2.22. The van der Waals surface area contributed by atoms with Gasteiger partial charge in [0, 0.05) is 42.7 Å². The van der Waals surface area contributed by atoms with Gasteiger partial charge in [0.25, 0.3) is 0 Å². The van der Waals surface area contributed by atoms with Crippen LogP contribution in [0.1, 0.15) is 22.6 Å². The molecule has 0 saturated heterocycles. The van der Waals surface area contributed by atoms with Crippen LogP contribution in [0.25, 0.3) is 16.9 Å². The molecule has 5 rings (SSSR count). The van der Waals surface area contributed by atoms with E-state index < -0.39 is 22.4 Å². The first kappa shape index (κ1) is 27.5. The molecular formula is C27H27F3N6O3S. The fourth-order valence-electron chi connectivity index (χ4n) is 4.75. The van der Waals surface area contributed by atoms with Gasteiger partial charge in [0.1, 0.15) is 17.1 Å². The molecule has 0 unspecified atom stereocenters. The molecular weight excluding hydrogens is 545 g/mol. The maximum absolute atomic E-state index is 13.6. The van der Waals surface area contributed by atoms with Gasteiger partial charge in [0.15, 0.2) is 9.84 Å². The Bertz CT molecular complexity index is 1750. The standard InChI is InChI=1S/C27H27F3N6O3S/c1-35-13-10-18-22(16-35)33-34-25(18)19-6-5-12-36-23(15-27(28,29)30)20(32-26(19)36)7-4-11-31-21-9-8-17(40(3,37)38)14-24(21)39-2/h5-6,8-9,12,14,31H,10-11,13,15-16H2,1-3H3,(H,33,34). The van der Waals surface area contributed by atoms with Gasteiger partial charge < -0.3 is 19.4 Å². The van der Waals surface area contributed by atoms with E-state index in [1.165, 1.54) is 23.6 Å². The summed E-state index contributed by atoms with van der Waals surface area (Å²) in [4.78, 5) is 6.81. The zero-order valence-corrected chi connectivity index (χ0v) is 22.9. The van der Waals surface area contributed by atoms with Gasteiger partial charge in [-0.15, -0.1) is 0 Å². The van der Waals surface area contributed by atoms with E-state index in [-0.39, 0.29) is 22.8 Å². The van der Waals surface area contributed by atoms with Crippen molar-refractivity contribution in [2.75, 3.05) is 38.8 Å². The smallest absolute Gasteiger partial charge is 0.394 e. The van der Waals surface area contributed by atoms with Crippen LogP contribution in [0.4, 0.5) is 18.9 Å². The summed E-state index contributed by atoms with van der Waals surface area (Å²) in [5.41, 5.74) is 4.15. The third kappa shape index (κ3) is 5.64. The third-order valence-electron chi connectivity index (χ3n) is 6.67. The number of hydrogen-bond acceptors (Lipinski definition) is 7. The number of likely N-dealkylation sites (N-methyl/N-ethyl adjacent to an activating group) is 1. The first-order valence-corrected chi connectivity index (χ1v) is 14.3. The van der Waals surface area contributed by atoms with Gasteiger partial charge >= 0.3 is 6.18 Å². The molecule has 0 radical (unpaired) electrons. The first-order valence-electron chi connectivity index (χ1n) is 12.4. The van der Waals surface area contributed by atoms with Crippen molar-refractivity contribution in [2.24, 2.45) is 0 Å². The number of anilines is 1. The van der Waals surface area contributed by atoms with Gasteiger partial charge in [-0.05, 0) is 43.7 Å². The summed E-state index contributed by atoms with van der Waals surface area (Å²) >= 11 is 0. The molecule has 0 fully saturated rings. The van der Waals surface area contributed by atoms with E-state index in [1.807, 2.05) is 7.05 Å². The van der Waals surface area contributed by atoms with Crippen LogP contribution in [0.2, 0.25) is 0 Å². The maximum Gasteiger partial charge on any atom is 0.394 e. The van der Waals surface area contributed by atoms with E-state index in [0.717, 1.165) is 30.5 Å². The van der Waals surface area contributed by atoms with Gasteiger partial charge in [0.2, 0.25) is 0 Å². The molecule has 4 heterocycles. The third-order valence-corrected chi connectivity index (χ3v) is 7.78. The van der Waals surface area contributed by atoms with Crippen LogP contribution in [0, 0.1) is 11.8 Å². The van der Waals surface area contributed by atoms with Crippen LogP contribution in [0.5, 0.6) is 5.75 Å². The Morgan fingerprint density at radius 3 is 2.77 bits per heavy atom. The Kier molecular flexibility index (Phi) is 7.24. The quantitative estimate of drug-likeness (QED) is 0.340. The number of rotatable bonds is 6. The van der Waals surface area contributed by atoms with E-state index in [2.05, 4.69) is 37.2 Å². The van der Waals surface area contributed by atoms with Gasteiger partial charge in [0.05, 0.1) is 47.7 Å². The lowest BCUT2D eigenvalue weighted by molar-refractivity contribution is -0.128. The second-order valence-corrected chi connectivity index (χ2v) is 11.6. The molecule has 0 saturated carbocycles. The Labute approximate surface area is 229 Å². The molecule has 0 aliphatic carbocycles. The number of aromatic amines is 1. The lowest BCUT2D eigenvalue weighted by atomic mass is 10.0. The van der Waals surface area contributed by atoms with Crippen molar-refractivity contribution in [3.8, 4) is 28.8 Å². The van der Waals surface area contributed by atoms with Crippen molar-refractivity contribution in [1.29, 1.82) is 0 Å². The van der Waals surface area contributed by atoms with Crippen LogP contribution in [0.3, 0.4) is 0 Å². The molecule has 1 aliphatic heterocycles. The number of nitrogens with one attached hydrogen (secondary N) is 2. The molecule has 1 aliphatic rings. The monoisotopic (exact) mass is 572 g/mol. The Morgan fingerprint density at radius 2 is 2.05 bits per heavy atom. The first-order chi connectivity index (χ1) is 18.9. The Morgan fingerprint density at radius 1 is 1.25 bits per heavy atom. The number of methoxy groups -OCH3 is 1. The summed E-state index contributed by atoms with van der Waals surface area (Å²) in [6.07, 6.45) is -2.25. The van der Waals surface area contributed by atoms with Crippen molar-refractivity contribution < 1.29 is 26.3 Å². The number of nitrogens with zero attached hydrogens (tertiary/aromatic N) is 4. The molecule has 210 valence electrons. The molecule has 0 atom stereocenters. The fraction of sp³-hybridized carbons (Fsp3) is 0.333. The van der Waals surface area contributed by atoms with Crippen molar-refractivity contribution in [1.82, 2.24) is 24.5 Å². The van der Waals surface area contributed by atoms with Gasteiger partial charge in [-0.25, -0.2) is 13.4 Å². The van der Waals surface area contributed by atoms with E-state index in [4.69, 9.17) is 4.74 Å². The Balaban J connectivity index is 1.49. The second-order valence-electron chi connectivity index (χ2n) is 9.62. The summed E-state index contributed by atoms with van der Waals surface area (Å²) in [7, 11) is 0.00355. The Hall–Kier alpha value is -4.02. The van der Waals surface area contributed by atoms with Crippen LogP contribution in [-0.4, -0.2) is 72.6 Å². The number of ether oxygens (including phenoxy) is 1. The summed E-state index contributed by atoms with van der Waals surface area (Å²) in [6.45, 7) is 1.62. The number of hydrogen-bond donors (Lipinski definition) is 2. The highest BCUT2D eigenvalue weighted by molar-refractivity contribution is 7.90. The zero-order valence-electron chi connectivity index (χ0n) is 22.1. The average Bonchev–Trinajstić information content (AvgIpc) is 3.46. The van der Waals surface area contributed by atoms with E-state index in [0.29, 0.717) is 34.9 Å². The highest BCUT2D eigenvalue weighted by Gasteiger charge is 2.32. The van der Waals surface area contributed by atoms with Crippen LogP contribution < -0.4 is 10.1 Å². The molecule has 0 bridgehead atoms. The summed E-state index contributed by atoms with van der Waals surface area (Å²) in [6, 6.07) is 7.86. The van der Waals surface area contributed by atoms with Crippen LogP contribution in [0.15, 0.2) is 41.4 Å². The van der Waals surface area contributed by atoms with Crippen LogP contribution >= 0.6 is 0 Å². The van der Waals surface area contributed by atoms with Gasteiger partial charge in [-0.2, -0.15) is 18.3 Å². The van der Waals surface area contributed by atoms with E-state index in [1.54, 1.807) is 24.4 Å². The number of pyridine rings is 1. The second kappa shape index (κ2) is 10.5. The zero-order chi connectivity index (χ0) is 28.7. The predicted octanol–water partition coefficient (Wildman–Crippen LogP) is 3.69. The molecule has 0 amide bonds. The minimum absolute atomic E-state index is 0.0232. The van der Waals surface area contributed by atoms with Crippen molar-refractivity contribution in [2.45, 2.75) is 30.5 Å². The molecule has 40 heavy (non-hydrogen) atoms. The van der Waals surface area contributed by atoms with Gasteiger partial charge in [-0.3, -0.25) is 5.10 Å². The van der Waals surface area contributed by atoms with Crippen LogP contribution in [-0.2, 0) is 29.2 Å². The van der Waals surface area contributed by atoms with Gasteiger partial charge in [-0.1, -0.05) is 5.92 Å². The molecule has 4 aromatic rings. The predicted molar refractivity (Wildman–Crippen MR) is 144 cm³/mol. The largest absolute Gasteiger partial charge is 0.495 e. The number of aromatic nitrogens is 4. The molecule has 1 aromatic carbocycles. The number of halogens is 3. The topological polar surface area (TPSA) is 105 Å². The molecule has 13 heteroatoms. The molecule has 0 spiro atoms. The number of imidazole rings is 1. The maximum atomic E-state index is 13.6. The number of benzene rings is 1. The van der Waals surface area contributed by atoms with Crippen molar-refractivity contribution in [3.05, 3.63) is 59.2 Å². The SMILES string of the molecule is COc1cc(S(C)(=O)=O)ccc1NCC#Cc1nc2c(-c3n[nH]c4c3CCN(C)C4)cccn2c1CC(F)(F)F.